The summed E-state index contributed by atoms with van der Waals surface area (Å²) in [6, 6.07) is 11.7. The average molecular weight is 506 g/mol. The summed E-state index contributed by atoms with van der Waals surface area (Å²) in [4.78, 5) is 16.5. The third-order valence-electron chi connectivity index (χ3n) is 5.83. The molecular formula is C26H39N3O5S. The van der Waals surface area contributed by atoms with Crippen molar-refractivity contribution in [1.29, 1.82) is 0 Å². The number of carbonyl (C=O) groups is 1. The molecule has 9 heteroatoms. The number of sulfonamides is 1. The van der Waals surface area contributed by atoms with E-state index in [9.17, 15) is 13.2 Å². The number of nitrogens with zero attached hydrogens (tertiary/aromatic N) is 3. The highest BCUT2D eigenvalue weighted by molar-refractivity contribution is 7.89. The van der Waals surface area contributed by atoms with E-state index in [-0.39, 0.29) is 30.6 Å². The average Bonchev–Trinajstić information content (AvgIpc) is 2.80. The van der Waals surface area contributed by atoms with Crippen molar-refractivity contribution in [2.75, 3.05) is 61.6 Å². The highest BCUT2D eigenvalue weighted by Crippen LogP contribution is 2.27. The fraction of sp³-hybridized carbons (Fsp3) is 0.500. The van der Waals surface area contributed by atoms with Crippen LogP contribution in [0.1, 0.15) is 22.3 Å². The van der Waals surface area contributed by atoms with Gasteiger partial charge in [0.1, 0.15) is 12.4 Å². The van der Waals surface area contributed by atoms with Crippen molar-refractivity contribution in [1.82, 2.24) is 14.1 Å². The number of methoxy groups -OCH3 is 1. The van der Waals surface area contributed by atoms with Crippen molar-refractivity contribution in [3.05, 3.63) is 58.7 Å². The monoisotopic (exact) mass is 505 g/mol. The molecule has 0 aliphatic rings. The summed E-state index contributed by atoms with van der Waals surface area (Å²) >= 11 is 0. The zero-order chi connectivity index (χ0) is 26.2. The predicted octanol–water partition coefficient (Wildman–Crippen LogP) is 2.71. The lowest BCUT2D eigenvalue weighted by atomic mass is 10.1. The molecule has 8 nitrogen and oxygen atoms in total. The highest BCUT2D eigenvalue weighted by atomic mass is 32.2. The van der Waals surface area contributed by atoms with E-state index in [1.165, 1.54) is 16.9 Å². The minimum absolute atomic E-state index is 0.105. The number of hydrogen-bond donors (Lipinski definition) is 0. The van der Waals surface area contributed by atoms with Gasteiger partial charge in [0.25, 0.3) is 0 Å². The fourth-order valence-electron chi connectivity index (χ4n) is 3.70. The molecule has 0 saturated carbocycles. The van der Waals surface area contributed by atoms with Gasteiger partial charge in [-0.05, 0) is 68.8 Å². The summed E-state index contributed by atoms with van der Waals surface area (Å²) in [5, 5.41) is 0. The van der Waals surface area contributed by atoms with Gasteiger partial charge in [0.15, 0.2) is 0 Å². The molecule has 1 amide bonds. The van der Waals surface area contributed by atoms with Gasteiger partial charge in [-0.15, -0.1) is 0 Å². The Hall–Kier alpha value is -2.46. The second-order valence-electron chi connectivity index (χ2n) is 9.09. The Balaban J connectivity index is 1.82. The minimum atomic E-state index is -3.70. The molecule has 0 aromatic heterocycles. The van der Waals surface area contributed by atoms with Crippen LogP contribution in [0.2, 0.25) is 0 Å². The van der Waals surface area contributed by atoms with E-state index in [1.54, 1.807) is 45.0 Å². The molecule has 0 N–H and O–H groups in total. The van der Waals surface area contributed by atoms with Crippen LogP contribution in [-0.4, -0.2) is 90.0 Å². The van der Waals surface area contributed by atoms with Gasteiger partial charge in [0.2, 0.25) is 15.9 Å². The lowest BCUT2D eigenvalue weighted by Crippen LogP contribution is -2.33. The number of rotatable bonds is 13. The summed E-state index contributed by atoms with van der Waals surface area (Å²) in [7, 11) is 5.20. The standard InChI is InChI=1S/C26H39N3O5S/c1-20-16-24(33-7)17-21(2)26(20)35(31,32)29(6)14-15-34-19-25(30)28(5)18-23-10-8-22(9-11-23)12-13-27(3)4/h8-11,16-17H,12-15,18-19H2,1-7H3. The first kappa shape index (κ1) is 28.8. The topological polar surface area (TPSA) is 79.4 Å². The van der Waals surface area contributed by atoms with Crippen molar-refractivity contribution < 1.29 is 22.7 Å². The normalized spacial score (nSPS) is 11.8. The van der Waals surface area contributed by atoms with E-state index >= 15 is 0 Å². The number of carbonyl (C=O) groups excluding carboxylic acids is 1. The Labute approximate surface area is 210 Å². The summed E-state index contributed by atoms with van der Waals surface area (Å²) in [6.07, 6.45) is 0.984. The largest absolute Gasteiger partial charge is 0.497 e. The highest BCUT2D eigenvalue weighted by Gasteiger charge is 2.25. The van der Waals surface area contributed by atoms with Gasteiger partial charge in [-0.25, -0.2) is 8.42 Å². The van der Waals surface area contributed by atoms with Crippen LogP contribution in [0.3, 0.4) is 0 Å². The van der Waals surface area contributed by atoms with Gasteiger partial charge in [0.05, 0.1) is 18.6 Å². The molecule has 2 rings (SSSR count). The summed E-state index contributed by atoms with van der Waals surface area (Å²) in [5.41, 5.74) is 3.55. The van der Waals surface area contributed by atoms with E-state index in [1.807, 2.05) is 12.1 Å². The van der Waals surface area contributed by atoms with Crippen molar-refractivity contribution >= 4 is 15.9 Å². The van der Waals surface area contributed by atoms with Gasteiger partial charge < -0.3 is 19.3 Å². The van der Waals surface area contributed by atoms with Gasteiger partial charge in [-0.2, -0.15) is 4.31 Å². The molecular weight excluding hydrogens is 466 g/mol. The second-order valence-corrected chi connectivity index (χ2v) is 11.1. The summed E-state index contributed by atoms with van der Waals surface area (Å²) in [5.74, 6) is 0.460. The predicted molar refractivity (Wildman–Crippen MR) is 138 cm³/mol. The summed E-state index contributed by atoms with van der Waals surface area (Å²) in [6.45, 7) is 5.12. The molecule has 0 saturated heterocycles. The molecule has 0 heterocycles. The molecule has 0 unspecified atom stereocenters. The Morgan fingerprint density at radius 3 is 2.03 bits per heavy atom. The molecule has 0 atom stereocenters. The lowest BCUT2D eigenvalue weighted by Gasteiger charge is -2.21. The molecule has 35 heavy (non-hydrogen) atoms. The zero-order valence-corrected chi connectivity index (χ0v) is 22.8. The summed E-state index contributed by atoms with van der Waals surface area (Å²) < 4.78 is 38.1. The lowest BCUT2D eigenvalue weighted by molar-refractivity contribution is -0.135. The maximum absolute atomic E-state index is 13.1. The molecule has 0 radical (unpaired) electrons. The molecule has 0 bridgehead atoms. The quantitative estimate of drug-likeness (QED) is 0.390. The number of aryl methyl sites for hydroxylation is 2. The molecule has 2 aromatic carbocycles. The first-order valence-electron chi connectivity index (χ1n) is 11.6. The van der Waals surface area contributed by atoms with Crippen LogP contribution in [0.5, 0.6) is 5.75 Å². The SMILES string of the molecule is COc1cc(C)c(S(=O)(=O)N(C)CCOCC(=O)N(C)Cc2ccc(CCN(C)C)cc2)c(C)c1. The van der Waals surface area contributed by atoms with Crippen molar-refractivity contribution in [3.8, 4) is 5.75 Å². The minimum Gasteiger partial charge on any atom is -0.497 e. The smallest absolute Gasteiger partial charge is 0.248 e. The second kappa shape index (κ2) is 13.0. The van der Waals surface area contributed by atoms with Crippen LogP contribution < -0.4 is 4.74 Å². The van der Waals surface area contributed by atoms with E-state index in [0.29, 0.717) is 23.4 Å². The number of amides is 1. The Kier molecular flexibility index (Phi) is 10.7. The van der Waals surface area contributed by atoms with Gasteiger partial charge >= 0.3 is 0 Å². The number of likely N-dealkylation sites (N-methyl/N-ethyl adjacent to an activating group) is 3. The number of benzene rings is 2. The van der Waals surface area contributed by atoms with Crippen LogP contribution in [0.25, 0.3) is 0 Å². The van der Waals surface area contributed by atoms with E-state index in [0.717, 1.165) is 18.5 Å². The van der Waals surface area contributed by atoms with Crippen molar-refractivity contribution in [3.63, 3.8) is 0 Å². The Morgan fingerprint density at radius 2 is 1.49 bits per heavy atom. The Bertz CT molecular complexity index is 1060. The molecule has 0 fully saturated rings. The van der Waals surface area contributed by atoms with Crippen LogP contribution in [-0.2, 0) is 32.5 Å². The number of ether oxygens (including phenoxy) is 2. The molecule has 2 aromatic rings. The van der Waals surface area contributed by atoms with Crippen LogP contribution in [0.4, 0.5) is 0 Å². The van der Waals surface area contributed by atoms with E-state index < -0.39 is 10.0 Å². The molecule has 0 spiro atoms. The first-order chi connectivity index (χ1) is 16.4. The molecule has 0 aliphatic carbocycles. The maximum Gasteiger partial charge on any atom is 0.248 e. The molecule has 194 valence electrons. The van der Waals surface area contributed by atoms with Gasteiger partial charge in [-0.1, -0.05) is 24.3 Å². The van der Waals surface area contributed by atoms with Gasteiger partial charge in [-0.3, -0.25) is 4.79 Å². The molecule has 0 aliphatic heterocycles. The van der Waals surface area contributed by atoms with Crippen molar-refractivity contribution in [2.45, 2.75) is 31.7 Å². The third kappa shape index (κ3) is 8.31. The maximum atomic E-state index is 13.1. The number of hydrogen-bond acceptors (Lipinski definition) is 6. The van der Waals surface area contributed by atoms with Gasteiger partial charge in [0, 0.05) is 33.7 Å². The van der Waals surface area contributed by atoms with E-state index in [4.69, 9.17) is 9.47 Å². The third-order valence-corrected chi connectivity index (χ3v) is 7.99. The fourth-order valence-corrected chi connectivity index (χ4v) is 5.26. The van der Waals surface area contributed by atoms with Crippen LogP contribution >= 0.6 is 0 Å². The first-order valence-corrected chi connectivity index (χ1v) is 13.1. The van der Waals surface area contributed by atoms with Crippen molar-refractivity contribution in [2.24, 2.45) is 0 Å². The zero-order valence-electron chi connectivity index (χ0n) is 22.0. The Morgan fingerprint density at radius 1 is 0.914 bits per heavy atom. The van der Waals surface area contributed by atoms with E-state index in [2.05, 4.69) is 31.1 Å². The van der Waals surface area contributed by atoms with Crippen LogP contribution in [0, 0.1) is 13.8 Å². The van der Waals surface area contributed by atoms with Crippen LogP contribution in [0.15, 0.2) is 41.3 Å².